The maximum absolute atomic E-state index is 14.0. The molecule has 1 atom stereocenters. The number of nitrogens with zero attached hydrogens (tertiary/aromatic N) is 5. The fourth-order valence-electron chi connectivity index (χ4n) is 5.13. The number of rotatable bonds is 11. The summed E-state index contributed by atoms with van der Waals surface area (Å²) >= 11 is 0. The van der Waals surface area contributed by atoms with E-state index >= 15 is 0 Å². The Morgan fingerprint density at radius 1 is 1.07 bits per heavy atom. The van der Waals surface area contributed by atoms with Gasteiger partial charge in [0.25, 0.3) is 17.5 Å². The molecule has 0 saturated heterocycles. The van der Waals surface area contributed by atoms with E-state index in [0.29, 0.717) is 30.9 Å². The number of non-ortho nitro benzene ring substituents is 1. The second-order valence-electron chi connectivity index (χ2n) is 10.3. The molecule has 0 fully saturated rings. The van der Waals surface area contributed by atoms with Gasteiger partial charge in [0, 0.05) is 37.5 Å². The van der Waals surface area contributed by atoms with Gasteiger partial charge in [0.05, 0.1) is 28.8 Å². The Morgan fingerprint density at radius 2 is 1.75 bits per heavy atom. The summed E-state index contributed by atoms with van der Waals surface area (Å²) in [6.07, 6.45) is 4.19. The molecule has 0 saturated carbocycles. The van der Waals surface area contributed by atoms with E-state index in [4.69, 9.17) is 0 Å². The van der Waals surface area contributed by atoms with Crippen LogP contribution in [0.25, 0.3) is 5.69 Å². The number of fused-ring (bicyclic) bond motifs is 1. The first-order valence-electron chi connectivity index (χ1n) is 13.9. The predicted octanol–water partition coefficient (Wildman–Crippen LogP) is 4.69. The number of nitro benzene ring substituents is 1. The van der Waals surface area contributed by atoms with E-state index in [1.165, 1.54) is 22.9 Å². The lowest BCUT2D eigenvalue weighted by Gasteiger charge is -2.36. The minimum atomic E-state index is -0.542. The van der Waals surface area contributed by atoms with Crippen molar-refractivity contribution >= 4 is 17.5 Å². The zero-order valence-corrected chi connectivity index (χ0v) is 23.4. The number of unbranched alkanes of at least 4 members (excludes halogenated alkanes) is 2. The molecular weight excluding hydrogens is 510 g/mol. The van der Waals surface area contributed by atoms with Crippen LogP contribution in [-0.4, -0.2) is 67.2 Å². The van der Waals surface area contributed by atoms with Crippen LogP contribution in [-0.2, 0) is 13.0 Å². The predicted molar refractivity (Wildman–Crippen MR) is 152 cm³/mol. The first-order valence-corrected chi connectivity index (χ1v) is 13.9. The number of aliphatic hydroxyl groups excluding tert-OH is 1. The van der Waals surface area contributed by atoms with Crippen LogP contribution >= 0.6 is 0 Å². The van der Waals surface area contributed by atoms with Gasteiger partial charge in [-0.1, -0.05) is 51.0 Å². The van der Waals surface area contributed by atoms with E-state index in [1.54, 1.807) is 17.9 Å². The summed E-state index contributed by atoms with van der Waals surface area (Å²) in [6.45, 7) is 7.26. The average Bonchev–Trinajstić information content (AvgIpc) is 3.36. The third-order valence-corrected chi connectivity index (χ3v) is 7.43. The zero-order valence-electron chi connectivity index (χ0n) is 23.4. The van der Waals surface area contributed by atoms with Gasteiger partial charge in [-0.25, -0.2) is 4.68 Å². The second kappa shape index (κ2) is 12.9. The van der Waals surface area contributed by atoms with Crippen LogP contribution in [0.1, 0.15) is 77.2 Å². The largest absolute Gasteiger partial charge is 0.394 e. The molecule has 10 nitrogen and oxygen atoms in total. The minimum absolute atomic E-state index is 0.0889. The molecular formula is C30H37N5O5. The van der Waals surface area contributed by atoms with Gasteiger partial charge < -0.3 is 14.9 Å². The molecule has 2 aromatic carbocycles. The first-order chi connectivity index (χ1) is 19.3. The van der Waals surface area contributed by atoms with Crippen molar-refractivity contribution in [1.29, 1.82) is 0 Å². The molecule has 4 rings (SSSR count). The summed E-state index contributed by atoms with van der Waals surface area (Å²) < 4.78 is 1.51. The van der Waals surface area contributed by atoms with Crippen LogP contribution < -0.4 is 0 Å². The van der Waals surface area contributed by atoms with Gasteiger partial charge in [0.1, 0.15) is 0 Å². The Balaban J connectivity index is 1.74. The monoisotopic (exact) mass is 547 g/mol. The molecule has 0 spiro atoms. The van der Waals surface area contributed by atoms with Crippen molar-refractivity contribution in [3.63, 3.8) is 0 Å². The number of amides is 2. The summed E-state index contributed by atoms with van der Waals surface area (Å²) in [5, 5.41) is 26.4. The van der Waals surface area contributed by atoms with Crippen molar-refractivity contribution in [1.82, 2.24) is 19.6 Å². The van der Waals surface area contributed by atoms with Crippen LogP contribution in [0.5, 0.6) is 0 Å². The van der Waals surface area contributed by atoms with Crippen LogP contribution in [0.3, 0.4) is 0 Å². The van der Waals surface area contributed by atoms with Gasteiger partial charge in [-0.15, -0.1) is 0 Å². The third kappa shape index (κ3) is 6.07. The molecule has 2 heterocycles. The Labute approximate surface area is 234 Å². The molecule has 3 aromatic rings. The summed E-state index contributed by atoms with van der Waals surface area (Å²) in [4.78, 5) is 41.9. The van der Waals surface area contributed by atoms with E-state index in [0.717, 1.165) is 36.8 Å². The van der Waals surface area contributed by atoms with Crippen molar-refractivity contribution in [2.45, 2.75) is 65.5 Å². The minimum Gasteiger partial charge on any atom is -0.394 e. The van der Waals surface area contributed by atoms with Crippen molar-refractivity contribution in [3.05, 3.63) is 86.7 Å². The van der Waals surface area contributed by atoms with Crippen molar-refractivity contribution in [2.24, 2.45) is 0 Å². The lowest BCUT2D eigenvalue weighted by molar-refractivity contribution is -0.384. The third-order valence-electron chi connectivity index (χ3n) is 7.43. The molecule has 10 heteroatoms. The van der Waals surface area contributed by atoms with Gasteiger partial charge in [0.15, 0.2) is 5.69 Å². The van der Waals surface area contributed by atoms with E-state index in [-0.39, 0.29) is 36.0 Å². The number of benzene rings is 2. The number of carbonyl (C=O) groups is 2. The number of aromatic nitrogens is 2. The molecule has 40 heavy (non-hydrogen) atoms. The molecule has 1 unspecified atom stereocenters. The molecule has 0 bridgehead atoms. The number of nitro groups is 1. The quantitative estimate of drug-likeness (QED) is 0.275. The number of aryl methyl sites for hydroxylation is 1. The normalized spacial score (nSPS) is 14.6. The topological polar surface area (TPSA) is 122 Å². The van der Waals surface area contributed by atoms with E-state index in [1.807, 2.05) is 29.2 Å². The first kappa shape index (κ1) is 28.9. The zero-order chi connectivity index (χ0) is 28.8. The number of carbonyl (C=O) groups excluding carboxylic acids is 2. The number of aliphatic hydroxyl groups is 1. The molecule has 0 aliphatic carbocycles. The molecule has 1 aliphatic rings. The van der Waals surface area contributed by atoms with E-state index in [9.17, 15) is 24.8 Å². The SMILES string of the molecule is CCCCN(CCCC)C(=O)c1cc(C)n(-c2ccc([N+](=O)[O-])cc2C(=O)N2Cc3ccccc3CC2CO)n1. The van der Waals surface area contributed by atoms with Gasteiger partial charge in [-0.2, -0.15) is 5.10 Å². The van der Waals surface area contributed by atoms with Crippen LogP contribution in [0, 0.1) is 17.0 Å². The Hall–Kier alpha value is -4.05. The van der Waals surface area contributed by atoms with Crippen molar-refractivity contribution in [3.8, 4) is 5.69 Å². The summed E-state index contributed by atoms with van der Waals surface area (Å²) in [5.41, 5.74) is 3.13. The van der Waals surface area contributed by atoms with Gasteiger partial charge in [-0.05, 0) is 49.4 Å². The lowest BCUT2D eigenvalue weighted by Crippen LogP contribution is -2.46. The summed E-state index contributed by atoms with van der Waals surface area (Å²) in [5.74, 6) is -0.617. The van der Waals surface area contributed by atoms with Gasteiger partial charge in [0.2, 0.25) is 0 Å². The molecule has 212 valence electrons. The maximum atomic E-state index is 14.0. The highest BCUT2D eigenvalue weighted by atomic mass is 16.6. The summed E-state index contributed by atoms with van der Waals surface area (Å²) in [6, 6.07) is 13.0. The molecule has 0 radical (unpaired) electrons. The highest BCUT2D eigenvalue weighted by molar-refractivity contribution is 5.99. The van der Waals surface area contributed by atoms with E-state index < -0.39 is 16.9 Å². The van der Waals surface area contributed by atoms with Crippen LogP contribution in [0.2, 0.25) is 0 Å². The molecule has 2 amide bonds. The number of hydrogen-bond acceptors (Lipinski definition) is 6. The second-order valence-corrected chi connectivity index (χ2v) is 10.3. The highest BCUT2D eigenvalue weighted by Crippen LogP contribution is 2.29. The Bertz CT molecular complexity index is 1380. The van der Waals surface area contributed by atoms with E-state index in [2.05, 4.69) is 18.9 Å². The van der Waals surface area contributed by atoms with Gasteiger partial charge >= 0.3 is 0 Å². The van der Waals surface area contributed by atoms with Crippen molar-refractivity contribution < 1.29 is 19.6 Å². The Morgan fingerprint density at radius 3 is 2.38 bits per heavy atom. The maximum Gasteiger partial charge on any atom is 0.274 e. The van der Waals surface area contributed by atoms with Crippen LogP contribution in [0.15, 0.2) is 48.5 Å². The fourth-order valence-corrected chi connectivity index (χ4v) is 5.13. The highest BCUT2D eigenvalue weighted by Gasteiger charge is 2.32. The molecule has 1 aliphatic heterocycles. The average molecular weight is 548 g/mol. The van der Waals surface area contributed by atoms with Crippen molar-refractivity contribution in [2.75, 3.05) is 19.7 Å². The molecule has 1 aromatic heterocycles. The fraction of sp³-hybridized carbons (Fsp3) is 0.433. The smallest absolute Gasteiger partial charge is 0.274 e. The summed E-state index contributed by atoms with van der Waals surface area (Å²) in [7, 11) is 0. The standard InChI is InChI=1S/C30H37N5O5/c1-4-6-14-32(15-7-5-2)30(38)27-16-21(3)34(31-27)28-13-12-24(35(39)40)18-26(28)29(37)33-19-23-11-9-8-10-22(23)17-25(33)20-36/h8-13,16,18,25,36H,4-7,14-15,17,19-20H2,1-3H3. The Kier molecular flexibility index (Phi) is 9.31. The number of hydrogen-bond donors (Lipinski definition) is 1. The lowest BCUT2D eigenvalue weighted by atomic mass is 9.93. The van der Waals surface area contributed by atoms with Crippen LogP contribution in [0.4, 0.5) is 5.69 Å². The van der Waals surface area contributed by atoms with Gasteiger partial charge in [-0.3, -0.25) is 19.7 Å². The molecule has 1 N–H and O–H groups in total.